The normalized spacial score (nSPS) is 10.3. The Bertz CT molecular complexity index is 593. The van der Waals surface area contributed by atoms with Crippen molar-refractivity contribution in [1.29, 1.82) is 0 Å². The number of hydrogen-bond acceptors (Lipinski definition) is 2. The summed E-state index contributed by atoms with van der Waals surface area (Å²) in [6, 6.07) is 18.4. The van der Waals surface area contributed by atoms with Gasteiger partial charge < -0.3 is 9.80 Å². The lowest BCUT2D eigenvalue weighted by Gasteiger charge is -2.23. The van der Waals surface area contributed by atoms with E-state index in [1.54, 1.807) is 4.90 Å². The highest BCUT2D eigenvalue weighted by Gasteiger charge is 2.12. The van der Waals surface area contributed by atoms with Gasteiger partial charge in [-0.3, -0.25) is 4.79 Å². The summed E-state index contributed by atoms with van der Waals surface area (Å²) in [4.78, 5) is 16.1. The van der Waals surface area contributed by atoms with Crippen molar-refractivity contribution in [2.24, 2.45) is 0 Å². The summed E-state index contributed by atoms with van der Waals surface area (Å²) in [6.07, 6.45) is 1.04. The summed E-state index contributed by atoms with van der Waals surface area (Å²) in [7, 11) is 3.80. The van der Waals surface area contributed by atoms with Gasteiger partial charge >= 0.3 is 0 Å². The molecule has 0 aromatic heterocycles. The predicted octanol–water partition coefficient (Wildman–Crippen LogP) is 3.34. The molecule has 3 nitrogen and oxygen atoms in total. The predicted molar refractivity (Wildman–Crippen MR) is 92.0 cm³/mol. The average Bonchev–Trinajstić information content (AvgIpc) is 2.56. The maximum Gasteiger partial charge on any atom is 0.242 e. The van der Waals surface area contributed by atoms with Gasteiger partial charge in [0.2, 0.25) is 5.91 Å². The molecular weight excluding hydrogens is 272 g/mol. The molecule has 0 atom stereocenters. The summed E-state index contributed by atoms with van der Waals surface area (Å²) in [5, 5.41) is 0. The van der Waals surface area contributed by atoms with E-state index in [1.165, 1.54) is 5.56 Å². The molecule has 2 aromatic rings. The van der Waals surface area contributed by atoms with Crippen LogP contribution in [0.2, 0.25) is 0 Å². The van der Waals surface area contributed by atoms with E-state index in [0.717, 1.165) is 17.7 Å². The van der Waals surface area contributed by atoms with Gasteiger partial charge in [-0.25, -0.2) is 0 Å². The lowest BCUT2D eigenvalue weighted by Crippen LogP contribution is -2.36. The number of anilines is 1. The molecule has 0 radical (unpaired) electrons. The van der Waals surface area contributed by atoms with E-state index in [0.29, 0.717) is 13.1 Å². The topological polar surface area (TPSA) is 23.6 Å². The maximum atomic E-state index is 12.3. The molecule has 0 aliphatic heterocycles. The van der Waals surface area contributed by atoms with E-state index in [1.807, 2.05) is 49.3 Å². The molecule has 3 heteroatoms. The van der Waals surface area contributed by atoms with Crippen LogP contribution < -0.4 is 4.90 Å². The molecule has 2 aromatic carbocycles. The quantitative estimate of drug-likeness (QED) is 0.816. The highest BCUT2D eigenvalue weighted by atomic mass is 16.2. The van der Waals surface area contributed by atoms with Crippen molar-refractivity contribution in [2.45, 2.75) is 19.9 Å². The first-order chi connectivity index (χ1) is 10.6. The van der Waals surface area contributed by atoms with Crippen molar-refractivity contribution in [1.82, 2.24) is 4.90 Å². The van der Waals surface area contributed by atoms with Crippen molar-refractivity contribution in [3.05, 3.63) is 65.7 Å². The van der Waals surface area contributed by atoms with Gasteiger partial charge in [-0.05, 0) is 29.7 Å². The fraction of sp³-hybridized carbons (Fsp3) is 0.316. The van der Waals surface area contributed by atoms with E-state index < -0.39 is 0 Å². The molecule has 0 aliphatic carbocycles. The second-order valence-electron chi connectivity index (χ2n) is 5.61. The highest BCUT2D eigenvalue weighted by molar-refractivity contribution is 5.81. The van der Waals surface area contributed by atoms with Gasteiger partial charge in [-0.2, -0.15) is 0 Å². The first-order valence-corrected chi connectivity index (χ1v) is 7.68. The van der Waals surface area contributed by atoms with Gasteiger partial charge in [0, 0.05) is 26.3 Å². The largest absolute Gasteiger partial charge is 0.365 e. The Labute approximate surface area is 133 Å². The second-order valence-corrected chi connectivity index (χ2v) is 5.61. The fourth-order valence-corrected chi connectivity index (χ4v) is 2.34. The third-order valence-electron chi connectivity index (χ3n) is 3.85. The monoisotopic (exact) mass is 296 g/mol. The highest BCUT2D eigenvalue weighted by Crippen LogP contribution is 2.12. The molecule has 0 spiro atoms. The van der Waals surface area contributed by atoms with Crippen LogP contribution in [0.5, 0.6) is 0 Å². The van der Waals surface area contributed by atoms with E-state index in [9.17, 15) is 4.79 Å². The molecule has 1 amide bonds. The number of para-hydroxylation sites is 1. The summed E-state index contributed by atoms with van der Waals surface area (Å²) < 4.78 is 0. The summed E-state index contributed by atoms with van der Waals surface area (Å²) in [6.45, 7) is 3.17. The molecule has 116 valence electrons. The number of amides is 1. The van der Waals surface area contributed by atoms with Gasteiger partial charge in [-0.1, -0.05) is 49.4 Å². The van der Waals surface area contributed by atoms with E-state index >= 15 is 0 Å². The summed E-state index contributed by atoms with van der Waals surface area (Å²) >= 11 is 0. The van der Waals surface area contributed by atoms with Crippen LogP contribution in [0.1, 0.15) is 18.1 Å². The Morgan fingerprint density at radius 1 is 0.909 bits per heavy atom. The van der Waals surface area contributed by atoms with Crippen LogP contribution in [0.25, 0.3) is 0 Å². The van der Waals surface area contributed by atoms with Gasteiger partial charge in [0.15, 0.2) is 0 Å². The zero-order valence-electron chi connectivity index (χ0n) is 13.6. The smallest absolute Gasteiger partial charge is 0.242 e. The van der Waals surface area contributed by atoms with Crippen LogP contribution in [-0.2, 0) is 17.8 Å². The van der Waals surface area contributed by atoms with Crippen LogP contribution in [0.4, 0.5) is 5.69 Å². The Balaban J connectivity index is 1.91. The van der Waals surface area contributed by atoms with Crippen molar-refractivity contribution >= 4 is 11.6 Å². The Morgan fingerprint density at radius 2 is 1.50 bits per heavy atom. The van der Waals surface area contributed by atoms with Crippen molar-refractivity contribution in [3.8, 4) is 0 Å². The molecule has 0 heterocycles. The van der Waals surface area contributed by atoms with Crippen LogP contribution in [0.3, 0.4) is 0 Å². The minimum absolute atomic E-state index is 0.117. The second kappa shape index (κ2) is 7.64. The van der Waals surface area contributed by atoms with Crippen molar-refractivity contribution in [2.75, 3.05) is 25.5 Å². The summed E-state index contributed by atoms with van der Waals surface area (Å²) in [5.74, 6) is 0.117. The SMILES string of the molecule is CCc1ccc(CN(C)C(=O)CN(C)c2ccccc2)cc1. The average molecular weight is 296 g/mol. The molecule has 0 fully saturated rings. The summed E-state index contributed by atoms with van der Waals surface area (Å²) in [5.41, 5.74) is 3.54. The number of benzene rings is 2. The van der Waals surface area contributed by atoms with Crippen molar-refractivity contribution < 1.29 is 4.79 Å². The number of carbonyl (C=O) groups excluding carboxylic acids is 1. The number of nitrogens with zero attached hydrogens (tertiary/aromatic N) is 2. The first-order valence-electron chi connectivity index (χ1n) is 7.68. The molecule has 0 bridgehead atoms. The van der Waals surface area contributed by atoms with E-state index in [4.69, 9.17) is 0 Å². The minimum atomic E-state index is 0.117. The Hall–Kier alpha value is -2.29. The maximum absolute atomic E-state index is 12.3. The zero-order chi connectivity index (χ0) is 15.9. The molecule has 0 unspecified atom stereocenters. The number of carbonyl (C=O) groups is 1. The van der Waals surface area contributed by atoms with Crippen LogP contribution in [-0.4, -0.2) is 31.4 Å². The van der Waals surface area contributed by atoms with E-state index in [2.05, 4.69) is 31.2 Å². The van der Waals surface area contributed by atoms with E-state index in [-0.39, 0.29) is 5.91 Å². The van der Waals surface area contributed by atoms with Gasteiger partial charge in [-0.15, -0.1) is 0 Å². The third-order valence-corrected chi connectivity index (χ3v) is 3.85. The fourth-order valence-electron chi connectivity index (χ4n) is 2.34. The lowest BCUT2D eigenvalue weighted by atomic mass is 10.1. The van der Waals surface area contributed by atoms with Gasteiger partial charge in [0.1, 0.15) is 0 Å². The molecular formula is C19H24N2O. The molecule has 0 N–H and O–H groups in total. The molecule has 22 heavy (non-hydrogen) atoms. The molecule has 0 saturated carbocycles. The van der Waals surface area contributed by atoms with Crippen molar-refractivity contribution in [3.63, 3.8) is 0 Å². The third kappa shape index (κ3) is 4.35. The van der Waals surface area contributed by atoms with Gasteiger partial charge in [0.25, 0.3) is 0 Å². The van der Waals surface area contributed by atoms with Crippen LogP contribution >= 0.6 is 0 Å². The van der Waals surface area contributed by atoms with Gasteiger partial charge in [0.05, 0.1) is 6.54 Å². The lowest BCUT2D eigenvalue weighted by molar-refractivity contribution is -0.128. The Kier molecular flexibility index (Phi) is 5.59. The van der Waals surface area contributed by atoms with Crippen LogP contribution in [0.15, 0.2) is 54.6 Å². The standard InChI is InChI=1S/C19H24N2O/c1-4-16-10-12-17(13-11-16)14-21(3)19(22)15-20(2)18-8-6-5-7-9-18/h5-13H,4,14-15H2,1-3H3. The number of rotatable bonds is 6. The number of likely N-dealkylation sites (N-methyl/N-ethyl adjacent to an activating group) is 2. The molecule has 0 aliphatic rings. The number of aryl methyl sites for hydroxylation is 1. The zero-order valence-corrected chi connectivity index (χ0v) is 13.6. The Morgan fingerprint density at radius 3 is 2.09 bits per heavy atom. The number of hydrogen-bond donors (Lipinski definition) is 0. The van der Waals surface area contributed by atoms with Crippen LogP contribution in [0, 0.1) is 0 Å². The molecule has 2 rings (SSSR count). The minimum Gasteiger partial charge on any atom is -0.365 e. The molecule has 0 saturated heterocycles. The first kappa shape index (κ1) is 16.1.